The van der Waals surface area contributed by atoms with Gasteiger partial charge in [-0.25, -0.2) is 4.39 Å². The van der Waals surface area contributed by atoms with Crippen LogP contribution in [0.5, 0.6) is 5.75 Å². The van der Waals surface area contributed by atoms with Crippen LogP contribution in [-0.2, 0) is 6.54 Å². The number of aryl methyl sites for hydroxylation is 1. The first-order valence-corrected chi connectivity index (χ1v) is 6.20. The Balaban J connectivity index is 2.03. The summed E-state index contributed by atoms with van der Waals surface area (Å²) in [5, 5.41) is 11.7. The van der Waals surface area contributed by atoms with E-state index in [0.29, 0.717) is 6.54 Å². The minimum Gasteiger partial charge on any atom is -0.508 e. The lowest BCUT2D eigenvalue weighted by Gasteiger charge is -2.05. The van der Waals surface area contributed by atoms with Crippen LogP contribution in [0.3, 0.4) is 0 Å². The van der Waals surface area contributed by atoms with Gasteiger partial charge in [0, 0.05) is 15.8 Å². The molecular formula is C13H12FNO2S. The fourth-order valence-electron chi connectivity index (χ4n) is 1.53. The third-order valence-electron chi connectivity index (χ3n) is 2.42. The smallest absolute Gasteiger partial charge is 0.254 e. The number of aromatic hydroxyl groups is 1. The largest absolute Gasteiger partial charge is 0.508 e. The Hall–Kier alpha value is -1.88. The van der Waals surface area contributed by atoms with Crippen LogP contribution >= 0.6 is 11.3 Å². The van der Waals surface area contributed by atoms with E-state index < -0.39 is 11.7 Å². The number of halogens is 1. The van der Waals surface area contributed by atoms with Gasteiger partial charge in [0.15, 0.2) is 0 Å². The molecule has 5 heteroatoms. The van der Waals surface area contributed by atoms with Crippen molar-refractivity contribution in [3.05, 3.63) is 51.5 Å². The van der Waals surface area contributed by atoms with E-state index in [0.717, 1.165) is 15.8 Å². The molecule has 0 aliphatic heterocycles. The summed E-state index contributed by atoms with van der Waals surface area (Å²) in [6.07, 6.45) is 0. The summed E-state index contributed by atoms with van der Waals surface area (Å²) in [6, 6.07) is 7.36. The number of thiophene rings is 1. The second kappa shape index (κ2) is 5.18. The number of phenolic OH excluding ortho intramolecular Hbond substituents is 1. The third kappa shape index (κ3) is 2.87. The first-order valence-electron chi connectivity index (χ1n) is 5.38. The minimum absolute atomic E-state index is 0.0684. The number of rotatable bonds is 3. The molecule has 2 rings (SSSR count). The molecule has 0 aliphatic rings. The van der Waals surface area contributed by atoms with Gasteiger partial charge in [0.2, 0.25) is 0 Å². The number of carbonyl (C=O) groups excluding carboxylic acids is 1. The van der Waals surface area contributed by atoms with Crippen LogP contribution in [0.1, 0.15) is 20.1 Å². The van der Waals surface area contributed by atoms with Crippen molar-refractivity contribution in [3.63, 3.8) is 0 Å². The van der Waals surface area contributed by atoms with Crippen LogP contribution in [0.2, 0.25) is 0 Å². The molecule has 0 bridgehead atoms. The normalized spacial score (nSPS) is 10.3. The third-order valence-corrected chi connectivity index (χ3v) is 3.42. The quantitative estimate of drug-likeness (QED) is 0.896. The summed E-state index contributed by atoms with van der Waals surface area (Å²) < 4.78 is 13.4. The molecular weight excluding hydrogens is 253 g/mol. The molecule has 0 fully saturated rings. The average molecular weight is 265 g/mol. The van der Waals surface area contributed by atoms with E-state index in [1.165, 1.54) is 12.1 Å². The molecule has 1 heterocycles. The van der Waals surface area contributed by atoms with Gasteiger partial charge in [0.1, 0.15) is 11.6 Å². The van der Waals surface area contributed by atoms with Gasteiger partial charge in [-0.2, -0.15) is 0 Å². The van der Waals surface area contributed by atoms with Crippen LogP contribution in [-0.4, -0.2) is 11.0 Å². The predicted octanol–water partition coefficient (Wildman–Crippen LogP) is 2.83. The van der Waals surface area contributed by atoms with Gasteiger partial charge in [0.05, 0.1) is 12.1 Å². The van der Waals surface area contributed by atoms with E-state index in [1.54, 1.807) is 11.3 Å². The van der Waals surface area contributed by atoms with Crippen molar-refractivity contribution < 1.29 is 14.3 Å². The lowest BCUT2D eigenvalue weighted by atomic mass is 10.2. The molecule has 0 aliphatic carbocycles. The van der Waals surface area contributed by atoms with Gasteiger partial charge < -0.3 is 10.4 Å². The summed E-state index contributed by atoms with van der Waals surface area (Å²) in [6.45, 7) is 2.35. The topological polar surface area (TPSA) is 49.3 Å². The number of hydrogen-bond acceptors (Lipinski definition) is 3. The predicted molar refractivity (Wildman–Crippen MR) is 68.3 cm³/mol. The molecule has 1 amide bonds. The lowest BCUT2D eigenvalue weighted by molar-refractivity contribution is 0.0947. The van der Waals surface area contributed by atoms with E-state index in [1.807, 2.05) is 19.1 Å². The van der Waals surface area contributed by atoms with E-state index >= 15 is 0 Å². The number of benzene rings is 1. The molecule has 3 nitrogen and oxygen atoms in total. The number of hydrogen-bond donors (Lipinski definition) is 2. The molecule has 0 unspecified atom stereocenters. The summed E-state index contributed by atoms with van der Waals surface area (Å²) in [7, 11) is 0. The maximum absolute atomic E-state index is 13.4. The lowest BCUT2D eigenvalue weighted by Crippen LogP contribution is -2.23. The summed E-state index contributed by atoms with van der Waals surface area (Å²) in [5.41, 5.74) is -0.0684. The Morgan fingerprint density at radius 3 is 2.78 bits per heavy atom. The Morgan fingerprint density at radius 1 is 1.39 bits per heavy atom. The highest BCUT2D eigenvalue weighted by atomic mass is 32.1. The first kappa shape index (κ1) is 12.6. The summed E-state index contributed by atoms with van der Waals surface area (Å²) in [5.74, 6) is -1.41. The molecule has 0 radical (unpaired) electrons. The van der Waals surface area contributed by atoms with Crippen LogP contribution < -0.4 is 5.32 Å². The molecule has 18 heavy (non-hydrogen) atoms. The molecule has 2 N–H and O–H groups in total. The fraction of sp³-hybridized carbons (Fsp3) is 0.154. The minimum atomic E-state index is -0.727. The van der Waals surface area contributed by atoms with E-state index in [2.05, 4.69) is 5.32 Å². The summed E-state index contributed by atoms with van der Waals surface area (Å²) >= 11 is 1.58. The molecule has 1 aromatic heterocycles. The molecule has 0 spiro atoms. The average Bonchev–Trinajstić information content (AvgIpc) is 2.72. The monoisotopic (exact) mass is 265 g/mol. The number of amides is 1. The maximum Gasteiger partial charge on any atom is 0.254 e. The molecule has 1 aromatic carbocycles. The zero-order valence-electron chi connectivity index (χ0n) is 9.74. The second-order valence-corrected chi connectivity index (χ2v) is 5.23. The fourth-order valence-corrected chi connectivity index (χ4v) is 2.36. The van der Waals surface area contributed by atoms with Crippen LogP contribution in [0, 0.1) is 12.7 Å². The number of phenols is 1. The van der Waals surface area contributed by atoms with Gasteiger partial charge in [-0.05, 0) is 31.2 Å². The van der Waals surface area contributed by atoms with Gasteiger partial charge >= 0.3 is 0 Å². The molecule has 2 aromatic rings. The van der Waals surface area contributed by atoms with Crippen molar-refractivity contribution in [2.75, 3.05) is 0 Å². The zero-order valence-corrected chi connectivity index (χ0v) is 10.6. The van der Waals surface area contributed by atoms with Crippen molar-refractivity contribution >= 4 is 17.2 Å². The van der Waals surface area contributed by atoms with Crippen LogP contribution in [0.15, 0.2) is 30.3 Å². The SMILES string of the molecule is Cc1ccc(CNC(=O)c2ccc(O)cc2F)s1. The van der Waals surface area contributed by atoms with Crippen molar-refractivity contribution in [2.24, 2.45) is 0 Å². The van der Waals surface area contributed by atoms with Crippen LogP contribution in [0.25, 0.3) is 0 Å². The standard InChI is InChI=1S/C13H12FNO2S/c1-8-2-4-10(18-8)7-15-13(17)11-5-3-9(16)6-12(11)14/h2-6,16H,7H2,1H3,(H,15,17). The number of carbonyl (C=O) groups is 1. The number of nitrogens with one attached hydrogen (secondary N) is 1. The molecule has 0 atom stereocenters. The zero-order chi connectivity index (χ0) is 13.1. The Kier molecular flexibility index (Phi) is 3.62. The summed E-state index contributed by atoms with van der Waals surface area (Å²) in [4.78, 5) is 13.9. The van der Waals surface area contributed by atoms with Gasteiger partial charge in [-0.1, -0.05) is 0 Å². The van der Waals surface area contributed by atoms with Gasteiger partial charge in [-0.3, -0.25) is 4.79 Å². The molecule has 0 saturated heterocycles. The van der Waals surface area contributed by atoms with Crippen molar-refractivity contribution in [1.29, 1.82) is 0 Å². The van der Waals surface area contributed by atoms with E-state index in [-0.39, 0.29) is 11.3 Å². The molecule has 94 valence electrons. The Bertz CT molecular complexity index is 580. The highest BCUT2D eigenvalue weighted by molar-refractivity contribution is 7.11. The Labute approximate surface area is 108 Å². The van der Waals surface area contributed by atoms with Gasteiger partial charge in [0.25, 0.3) is 5.91 Å². The van der Waals surface area contributed by atoms with Gasteiger partial charge in [-0.15, -0.1) is 11.3 Å². The Morgan fingerprint density at radius 2 is 2.17 bits per heavy atom. The van der Waals surface area contributed by atoms with Crippen molar-refractivity contribution in [1.82, 2.24) is 5.32 Å². The molecule has 0 saturated carbocycles. The second-order valence-electron chi connectivity index (χ2n) is 3.86. The maximum atomic E-state index is 13.4. The highest BCUT2D eigenvalue weighted by Gasteiger charge is 2.12. The van der Waals surface area contributed by atoms with E-state index in [4.69, 9.17) is 5.11 Å². The van der Waals surface area contributed by atoms with Crippen molar-refractivity contribution in [3.8, 4) is 5.75 Å². The first-order chi connectivity index (χ1) is 8.56. The van der Waals surface area contributed by atoms with Crippen molar-refractivity contribution in [2.45, 2.75) is 13.5 Å². The van der Waals surface area contributed by atoms with E-state index in [9.17, 15) is 9.18 Å². The highest BCUT2D eigenvalue weighted by Crippen LogP contribution is 2.17. The van der Waals surface area contributed by atoms with Crippen LogP contribution in [0.4, 0.5) is 4.39 Å².